The molecule has 0 radical (unpaired) electrons. The van der Waals surface area contributed by atoms with E-state index in [-0.39, 0.29) is 25.0 Å². The molecular weight excluding hydrogens is 364 g/mol. The van der Waals surface area contributed by atoms with Crippen LogP contribution in [0.15, 0.2) is 0 Å². The molecule has 0 aliphatic carbocycles. The minimum absolute atomic E-state index is 0.230. The summed E-state index contributed by atoms with van der Waals surface area (Å²) >= 11 is 0. The van der Waals surface area contributed by atoms with Crippen molar-refractivity contribution in [3.63, 3.8) is 0 Å². The number of aliphatic hydroxyl groups is 1. The number of hydrogen-bond acceptors (Lipinski definition) is 6. The Kier molecular flexibility index (Phi) is 6.29. The number of nitrogens with one attached hydrogen (secondary N) is 1. The molecule has 3 rings (SSSR count). The summed E-state index contributed by atoms with van der Waals surface area (Å²) in [4.78, 5) is 40.5. The number of hydrogen-bond donors (Lipinski definition) is 2. The predicted octanol–water partition coefficient (Wildman–Crippen LogP) is 0.611. The minimum atomic E-state index is -1.02. The SMILES string of the molecule is CCCCCNC(=O)[C@H]1N([C@H](C)CO)C(=O)[C@@H]2[C@@H](C(=O)OCC)[C@H]3CC[C@]21O3. The molecule has 2 N–H and O–H groups in total. The molecule has 3 fully saturated rings. The lowest BCUT2D eigenvalue weighted by molar-refractivity contribution is -0.155. The van der Waals surface area contributed by atoms with Gasteiger partial charge in [0.2, 0.25) is 11.8 Å². The zero-order valence-corrected chi connectivity index (χ0v) is 17.0. The second-order valence-corrected chi connectivity index (χ2v) is 8.08. The number of amides is 2. The van der Waals surface area contributed by atoms with E-state index < -0.39 is 41.6 Å². The van der Waals surface area contributed by atoms with Gasteiger partial charge in [0, 0.05) is 6.54 Å². The van der Waals surface area contributed by atoms with E-state index in [2.05, 4.69) is 12.2 Å². The molecule has 3 aliphatic rings. The third-order valence-electron chi connectivity index (χ3n) is 6.36. The first-order valence-electron chi connectivity index (χ1n) is 10.5. The molecule has 6 atom stereocenters. The second kappa shape index (κ2) is 8.37. The van der Waals surface area contributed by atoms with E-state index in [1.807, 2.05) is 0 Å². The monoisotopic (exact) mass is 396 g/mol. The van der Waals surface area contributed by atoms with Gasteiger partial charge < -0.3 is 24.8 Å². The van der Waals surface area contributed by atoms with Crippen LogP contribution in [-0.2, 0) is 23.9 Å². The molecule has 0 aromatic rings. The van der Waals surface area contributed by atoms with E-state index in [1.165, 1.54) is 4.90 Å². The normalized spacial score (nSPS) is 34.4. The molecule has 3 heterocycles. The first kappa shape index (κ1) is 21.0. The number of likely N-dealkylation sites (tertiary alicyclic amines) is 1. The van der Waals surface area contributed by atoms with Gasteiger partial charge in [0.25, 0.3) is 0 Å². The smallest absolute Gasteiger partial charge is 0.312 e. The first-order chi connectivity index (χ1) is 13.4. The molecule has 8 nitrogen and oxygen atoms in total. The minimum Gasteiger partial charge on any atom is -0.466 e. The van der Waals surface area contributed by atoms with Crippen molar-refractivity contribution >= 4 is 17.8 Å². The summed E-state index contributed by atoms with van der Waals surface area (Å²) in [6.07, 6.45) is 3.69. The van der Waals surface area contributed by atoms with E-state index >= 15 is 0 Å². The summed E-state index contributed by atoms with van der Waals surface area (Å²) in [7, 11) is 0. The number of rotatable bonds is 9. The molecule has 2 amide bonds. The van der Waals surface area contributed by atoms with Gasteiger partial charge >= 0.3 is 5.97 Å². The zero-order chi connectivity index (χ0) is 20.5. The fourth-order valence-electron chi connectivity index (χ4n) is 5.14. The van der Waals surface area contributed by atoms with Gasteiger partial charge in [-0.25, -0.2) is 0 Å². The van der Waals surface area contributed by atoms with Crippen molar-refractivity contribution in [2.75, 3.05) is 19.8 Å². The highest BCUT2D eigenvalue weighted by atomic mass is 16.6. The molecule has 3 saturated heterocycles. The van der Waals surface area contributed by atoms with Crippen LogP contribution in [0.3, 0.4) is 0 Å². The molecule has 0 unspecified atom stereocenters. The Bertz CT molecular complexity index is 626. The highest BCUT2D eigenvalue weighted by Crippen LogP contribution is 2.58. The Morgan fingerprint density at radius 1 is 1.39 bits per heavy atom. The molecule has 8 heteroatoms. The van der Waals surface area contributed by atoms with E-state index in [1.54, 1.807) is 13.8 Å². The van der Waals surface area contributed by atoms with Gasteiger partial charge in [-0.05, 0) is 33.1 Å². The predicted molar refractivity (Wildman–Crippen MR) is 100 cm³/mol. The van der Waals surface area contributed by atoms with Crippen LogP contribution >= 0.6 is 0 Å². The Balaban J connectivity index is 1.90. The molecule has 158 valence electrons. The van der Waals surface area contributed by atoms with Crippen molar-refractivity contribution in [3.05, 3.63) is 0 Å². The van der Waals surface area contributed by atoms with Gasteiger partial charge in [0.05, 0.1) is 37.2 Å². The maximum absolute atomic E-state index is 13.3. The molecule has 2 bridgehead atoms. The summed E-state index contributed by atoms with van der Waals surface area (Å²) in [5.74, 6) is -2.42. The second-order valence-electron chi connectivity index (χ2n) is 8.08. The van der Waals surface area contributed by atoms with Crippen molar-refractivity contribution in [2.45, 2.75) is 76.7 Å². The highest BCUT2D eigenvalue weighted by Gasteiger charge is 2.75. The van der Waals surface area contributed by atoms with Crippen LogP contribution in [0.2, 0.25) is 0 Å². The average Bonchev–Trinajstić information content (AvgIpc) is 3.32. The van der Waals surface area contributed by atoms with Crippen LogP contribution in [0.4, 0.5) is 0 Å². The first-order valence-corrected chi connectivity index (χ1v) is 10.5. The van der Waals surface area contributed by atoms with Gasteiger partial charge in [-0.15, -0.1) is 0 Å². The lowest BCUT2D eigenvalue weighted by Crippen LogP contribution is -2.57. The number of fused-ring (bicyclic) bond motifs is 1. The Hall–Kier alpha value is -1.67. The number of carbonyl (C=O) groups excluding carboxylic acids is 3. The van der Waals surface area contributed by atoms with Crippen LogP contribution in [-0.4, -0.2) is 71.3 Å². The number of esters is 1. The number of nitrogens with zero attached hydrogens (tertiary/aromatic N) is 1. The molecule has 0 saturated carbocycles. The quantitative estimate of drug-likeness (QED) is 0.437. The lowest BCUT2D eigenvalue weighted by Gasteiger charge is -2.35. The topological polar surface area (TPSA) is 105 Å². The zero-order valence-electron chi connectivity index (χ0n) is 17.0. The maximum Gasteiger partial charge on any atom is 0.312 e. The fourth-order valence-corrected chi connectivity index (χ4v) is 5.14. The highest BCUT2D eigenvalue weighted by molar-refractivity contribution is 5.98. The van der Waals surface area contributed by atoms with Gasteiger partial charge in [-0.3, -0.25) is 14.4 Å². The Morgan fingerprint density at radius 2 is 2.14 bits per heavy atom. The van der Waals surface area contributed by atoms with E-state index in [9.17, 15) is 19.5 Å². The largest absolute Gasteiger partial charge is 0.466 e. The van der Waals surface area contributed by atoms with Crippen molar-refractivity contribution in [2.24, 2.45) is 11.8 Å². The summed E-state index contributed by atoms with van der Waals surface area (Å²) in [5.41, 5.74) is -1.02. The van der Waals surface area contributed by atoms with Crippen LogP contribution in [0, 0.1) is 11.8 Å². The average molecular weight is 396 g/mol. The van der Waals surface area contributed by atoms with Gasteiger partial charge in [-0.2, -0.15) is 0 Å². The lowest BCUT2D eigenvalue weighted by atomic mass is 9.71. The van der Waals surface area contributed by atoms with Crippen molar-refractivity contribution < 1.29 is 29.0 Å². The Morgan fingerprint density at radius 3 is 2.79 bits per heavy atom. The van der Waals surface area contributed by atoms with Gasteiger partial charge in [0.15, 0.2) is 0 Å². The molecular formula is C20H32N2O6. The van der Waals surface area contributed by atoms with E-state index in [0.717, 1.165) is 19.3 Å². The Labute approximate surface area is 165 Å². The van der Waals surface area contributed by atoms with Crippen LogP contribution in [0.1, 0.15) is 52.9 Å². The number of carbonyl (C=O) groups is 3. The molecule has 1 spiro atoms. The molecule has 0 aromatic heterocycles. The number of unbranched alkanes of at least 4 members (excludes halogenated alkanes) is 2. The third kappa shape index (κ3) is 3.20. The maximum atomic E-state index is 13.3. The van der Waals surface area contributed by atoms with E-state index in [0.29, 0.717) is 19.4 Å². The third-order valence-corrected chi connectivity index (χ3v) is 6.36. The van der Waals surface area contributed by atoms with Gasteiger partial charge in [-0.1, -0.05) is 19.8 Å². The summed E-state index contributed by atoms with van der Waals surface area (Å²) in [5, 5.41) is 12.6. The van der Waals surface area contributed by atoms with Crippen molar-refractivity contribution in [3.8, 4) is 0 Å². The van der Waals surface area contributed by atoms with E-state index in [4.69, 9.17) is 9.47 Å². The molecule has 3 aliphatic heterocycles. The van der Waals surface area contributed by atoms with Crippen LogP contribution < -0.4 is 5.32 Å². The molecule has 28 heavy (non-hydrogen) atoms. The number of ether oxygens (including phenoxy) is 2. The fraction of sp³-hybridized carbons (Fsp3) is 0.850. The van der Waals surface area contributed by atoms with Gasteiger partial charge in [0.1, 0.15) is 11.6 Å². The van der Waals surface area contributed by atoms with Crippen molar-refractivity contribution in [1.82, 2.24) is 10.2 Å². The molecule has 0 aromatic carbocycles. The number of aliphatic hydroxyl groups excluding tert-OH is 1. The van der Waals surface area contributed by atoms with Crippen molar-refractivity contribution in [1.29, 1.82) is 0 Å². The van der Waals surface area contributed by atoms with Crippen LogP contribution in [0.5, 0.6) is 0 Å². The summed E-state index contributed by atoms with van der Waals surface area (Å²) in [6, 6.07) is -1.37. The standard InChI is InChI=1S/C20H32N2O6/c1-4-6-7-10-21-17(24)16-20-9-8-13(28-20)14(19(26)27-5-2)15(20)18(25)22(16)12(3)11-23/h12-16,23H,4-11H2,1-3H3,(H,21,24)/t12-,13-,14+,15+,16-,20+/m1/s1. The summed E-state index contributed by atoms with van der Waals surface area (Å²) in [6.45, 7) is 6.02. The summed E-state index contributed by atoms with van der Waals surface area (Å²) < 4.78 is 11.4. The van der Waals surface area contributed by atoms with Crippen LogP contribution in [0.25, 0.3) is 0 Å².